The normalized spacial score (nSPS) is 14.7. The lowest BCUT2D eigenvalue weighted by Crippen LogP contribution is -2.32. The average Bonchev–Trinajstić information content (AvgIpc) is 2.82. The maximum atomic E-state index is 9.03. The lowest BCUT2D eigenvalue weighted by Gasteiger charge is -2.29. The molecule has 0 aliphatic carbocycles. The van der Waals surface area contributed by atoms with Crippen LogP contribution in [0, 0.1) is 5.41 Å². The molecule has 1 aromatic heterocycles. The van der Waals surface area contributed by atoms with Gasteiger partial charge in [0.15, 0.2) is 0 Å². The van der Waals surface area contributed by atoms with Crippen LogP contribution in [0.25, 0.3) is 10.8 Å². The van der Waals surface area contributed by atoms with Gasteiger partial charge in [-0.2, -0.15) is 0 Å². The standard InChI is InChI=1S/C26H26N4O2/c1-29(2)14-15-30-16-28-26-23(25(30)27)22(18-8-11-19(31-3)12-9-18)21-13-10-17-6-4-5-7-20(17)24(21)32-26/h4-13,16,22,27H,14-15H2,1-3H3/t22-/m0/s1. The topological polar surface area (TPSA) is 63.4 Å². The summed E-state index contributed by atoms with van der Waals surface area (Å²) in [6.45, 7) is 1.51. The Kier molecular flexibility index (Phi) is 5.15. The van der Waals surface area contributed by atoms with Crippen LogP contribution in [0.3, 0.4) is 0 Å². The van der Waals surface area contributed by atoms with Crippen molar-refractivity contribution in [2.45, 2.75) is 12.5 Å². The third kappa shape index (κ3) is 3.42. The van der Waals surface area contributed by atoms with Crippen molar-refractivity contribution in [3.05, 3.63) is 89.2 Å². The second-order valence-electron chi connectivity index (χ2n) is 8.32. The summed E-state index contributed by atoms with van der Waals surface area (Å²) in [5.74, 6) is 1.96. The largest absolute Gasteiger partial charge is 0.497 e. The van der Waals surface area contributed by atoms with Gasteiger partial charge in [-0.3, -0.25) is 5.41 Å². The minimum atomic E-state index is -0.156. The Hall–Kier alpha value is -3.64. The number of fused-ring (bicyclic) bond motifs is 4. The molecule has 4 aromatic rings. The molecule has 0 bridgehead atoms. The minimum absolute atomic E-state index is 0.156. The van der Waals surface area contributed by atoms with Crippen molar-refractivity contribution in [3.8, 4) is 17.4 Å². The van der Waals surface area contributed by atoms with E-state index in [9.17, 15) is 0 Å². The third-order valence-electron chi connectivity index (χ3n) is 6.03. The fraction of sp³-hybridized carbons (Fsp3) is 0.231. The molecule has 1 aliphatic heterocycles. The van der Waals surface area contributed by atoms with E-state index in [0.717, 1.165) is 45.5 Å². The Morgan fingerprint density at radius 1 is 1.06 bits per heavy atom. The number of benzene rings is 3. The first-order valence-electron chi connectivity index (χ1n) is 10.7. The lowest BCUT2D eigenvalue weighted by atomic mass is 9.83. The summed E-state index contributed by atoms with van der Waals surface area (Å²) in [5.41, 5.74) is 3.34. The molecule has 162 valence electrons. The quantitative estimate of drug-likeness (QED) is 0.453. The van der Waals surface area contributed by atoms with Gasteiger partial charge in [0.2, 0.25) is 5.88 Å². The fourth-order valence-electron chi connectivity index (χ4n) is 4.32. The van der Waals surface area contributed by atoms with Crippen LogP contribution in [-0.4, -0.2) is 42.2 Å². The number of hydrogen-bond acceptors (Lipinski definition) is 5. The van der Waals surface area contributed by atoms with Gasteiger partial charge in [-0.15, -0.1) is 0 Å². The predicted octanol–water partition coefficient (Wildman–Crippen LogP) is 4.37. The third-order valence-corrected chi connectivity index (χ3v) is 6.03. The van der Waals surface area contributed by atoms with Crippen LogP contribution < -0.4 is 15.0 Å². The van der Waals surface area contributed by atoms with Crippen LogP contribution >= 0.6 is 0 Å². The maximum absolute atomic E-state index is 9.03. The average molecular weight is 427 g/mol. The number of ether oxygens (including phenoxy) is 2. The molecule has 0 amide bonds. The SMILES string of the molecule is COc1ccc([C@H]2c3ccc4ccccc4c3Oc3ncn(CCN(C)C)c(=N)c32)cc1. The van der Waals surface area contributed by atoms with E-state index in [-0.39, 0.29) is 5.92 Å². The van der Waals surface area contributed by atoms with Crippen molar-refractivity contribution in [1.82, 2.24) is 14.5 Å². The molecule has 0 saturated carbocycles. The van der Waals surface area contributed by atoms with E-state index in [4.69, 9.17) is 14.9 Å². The number of rotatable bonds is 5. The van der Waals surface area contributed by atoms with Gasteiger partial charge in [0.05, 0.1) is 12.7 Å². The highest BCUT2D eigenvalue weighted by Crippen LogP contribution is 2.47. The predicted molar refractivity (Wildman–Crippen MR) is 125 cm³/mol. The molecule has 3 aromatic carbocycles. The first kappa shape index (κ1) is 20.3. The summed E-state index contributed by atoms with van der Waals surface area (Å²) in [4.78, 5) is 6.75. The Labute approximate surface area is 187 Å². The molecular formula is C26H26N4O2. The number of nitrogens with zero attached hydrogens (tertiary/aromatic N) is 3. The van der Waals surface area contributed by atoms with Gasteiger partial charge in [0.1, 0.15) is 23.3 Å². The van der Waals surface area contributed by atoms with Crippen LogP contribution in [0.4, 0.5) is 0 Å². The zero-order valence-electron chi connectivity index (χ0n) is 18.5. The van der Waals surface area contributed by atoms with Crippen molar-refractivity contribution in [2.24, 2.45) is 0 Å². The summed E-state index contributed by atoms with van der Waals surface area (Å²) in [6, 6.07) is 20.5. The van der Waals surface area contributed by atoms with Crippen LogP contribution in [0.1, 0.15) is 22.6 Å². The second-order valence-corrected chi connectivity index (χ2v) is 8.32. The summed E-state index contributed by atoms with van der Waals surface area (Å²) in [7, 11) is 5.72. The zero-order chi connectivity index (χ0) is 22.2. The number of hydrogen-bond donors (Lipinski definition) is 1. The van der Waals surface area contributed by atoms with Crippen LogP contribution in [-0.2, 0) is 6.54 Å². The highest BCUT2D eigenvalue weighted by atomic mass is 16.5. The van der Waals surface area contributed by atoms with Gasteiger partial charge in [-0.1, -0.05) is 48.5 Å². The summed E-state index contributed by atoms with van der Waals surface area (Å²) in [6.07, 6.45) is 1.71. The molecule has 0 radical (unpaired) electrons. The van der Waals surface area contributed by atoms with Gasteiger partial charge >= 0.3 is 0 Å². The number of likely N-dealkylation sites (N-methyl/N-ethyl adjacent to an activating group) is 1. The molecule has 32 heavy (non-hydrogen) atoms. The highest BCUT2D eigenvalue weighted by molar-refractivity contribution is 5.91. The number of aromatic nitrogens is 2. The van der Waals surface area contributed by atoms with E-state index in [1.165, 1.54) is 0 Å². The van der Waals surface area contributed by atoms with E-state index >= 15 is 0 Å². The molecule has 1 N–H and O–H groups in total. The lowest BCUT2D eigenvalue weighted by molar-refractivity contribution is 0.371. The number of nitrogens with one attached hydrogen (secondary N) is 1. The Morgan fingerprint density at radius 2 is 1.84 bits per heavy atom. The molecule has 6 nitrogen and oxygen atoms in total. The zero-order valence-corrected chi connectivity index (χ0v) is 18.5. The minimum Gasteiger partial charge on any atom is -0.497 e. The van der Waals surface area contributed by atoms with Crippen molar-refractivity contribution in [2.75, 3.05) is 27.7 Å². The molecule has 5 rings (SSSR count). The molecule has 0 fully saturated rings. The molecule has 0 unspecified atom stereocenters. The first-order valence-corrected chi connectivity index (χ1v) is 10.7. The highest BCUT2D eigenvalue weighted by Gasteiger charge is 2.33. The van der Waals surface area contributed by atoms with Crippen molar-refractivity contribution < 1.29 is 9.47 Å². The monoisotopic (exact) mass is 426 g/mol. The molecular weight excluding hydrogens is 400 g/mol. The van der Waals surface area contributed by atoms with Gasteiger partial charge < -0.3 is 18.9 Å². The van der Waals surface area contributed by atoms with Gasteiger partial charge in [0, 0.05) is 30.0 Å². The van der Waals surface area contributed by atoms with Crippen LogP contribution in [0.15, 0.2) is 67.0 Å². The molecule has 1 aliphatic rings. The van der Waals surface area contributed by atoms with E-state index in [1.807, 2.05) is 42.9 Å². The fourth-order valence-corrected chi connectivity index (χ4v) is 4.32. The maximum Gasteiger partial charge on any atom is 0.228 e. The van der Waals surface area contributed by atoms with Gasteiger partial charge in [-0.25, -0.2) is 4.98 Å². The van der Waals surface area contributed by atoms with E-state index < -0.39 is 0 Å². The van der Waals surface area contributed by atoms with Crippen molar-refractivity contribution in [3.63, 3.8) is 0 Å². The van der Waals surface area contributed by atoms with Crippen molar-refractivity contribution in [1.29, 1.82) is 5.41 Å². The van der Waals surface area contributed by atoms with E-state index in [2.05, 4.69) is 46.3 Å². The molecule has 2 heterocycles. The van der Waals surface area contributed by atoms with Gasteiger partial charge in [0.25, 0.3) is 0 Å². The summed E-state index contributed by atoms with van der Waals surface area (Å²) < 4.78 is 13.6. The molecule has 0 spiro atoms. The Morgan fingerprint density at radius 3 is 2.59 bits per heavy atom. The van der Waals surface area contributed by atoms with Crippen LogP contribution in [0.2, 0.25) is 0 Å². The Bertz CT molecular complexity index is 1340. The molecule has 6 heteroatoms. The van der Waals surface area contributed by atoms with Crippen LogP contribution in [0.5, 0.6) is 17.4 Å². The van der Waals surface area contributed by atoms with E-state index in [0.29, 0.717) is 17.9 Å². The first-order chi connectivity index (χ1) is 15.6. The second kappa shape index (κ2) is 8.13. The van der Waals surface area contributed by atoms with Crippen molar-refractivity contribution >= 4 is 10.8 Å². The van der Waals surface area contributed by atoms with E-state index in [1.54, 1.807) is 13.4 Å². The molecule has 0 saturated heterocycles. The summed E-state index contributed by atoms with van der Waals surface area (Å²) >= 11 is 0. The van der Waals surface area contributed by atoms with Gasteiger partial charge in [-0.05, 0) is 37.2 Å². The Balaban J connectivity index is 1.73. The smallest absolute Gasteiger partial charge is 0.228 e. The summed E-state index contributed by atoms with van der Waals surface area (Å²) in [5, 5.41) is 11.2. The molecule has 1 atom stereocenters. The number of methoxy groups -OCH3 is 1.